The van der Waals surface area contributed by atoms with E-state index in [-0.39, 0.29) is 5.82 Å². The molecule has 0 spiro atoms. The van der Waals surface area contributed by atoms with E-state index in [1.54, 1.807) is 6.07 Å². The first-order valence-electron chi connectivity index (χ1n) is 4.99. The van der Waals surface area contributed by atoms with Gasteiger partial charge in [0, 0.05) is 6.54 Å². The Balaban J connectivity index is 2.39. The van der Waals surface area contributed by atoms with E-state index in [1.165, 1.54) is 11.0 Å². The zero-order valence-electron chi connectivity index (χ0n) is 8.80. The summed E-state index contributed by atoms with van der Waals surface area (Å²) in [5.74, 6) is -0.376. The van der Waals surface area contributed by atoms with Gasteiger partial charge in [0.15, 0.2) is 0 Å². The van der Waals surface area contributed by atoms with Gasteiger partial charge in [-0.05, 0) is 47.0 Å². The first kappa shape index (κ1) is 11.4. The Kier molecular flexibility index (Phi) is 3.14. The molecule has 0 N–H and O–H groups in total. The van der Waals surface area contributed by atoms with Crippen molar-refractivity contribution in [3.8, 4) is 0 Å². The van der Waals surface area contributed by atoms with Gasteiger partial charge < -0.3 is 4.74 Å². The van der Waals surface area contributed by atoms with Crippen LogP contribution in [0.3, 0.4) is 0 Å². The van der Waals surface area contributed by atoms with Crippen LogP contribution in [0.1, 0.15) is 12.0 Å². The molecule has 5 heteroatoms. The number of halogens is 2. The third-order valence-corrected chi connectivity index (χ3v) is 3.11. The molecule has 16 heavy (non-hydrogen) atoms. The summed E-state index contributed by atoms with van der Waals surface area (Å²) in [6, 6.07) is 3.01. The molecule has 1 heterocycles. The highest BCUT2D eigenvalue weighted by Gasteiger charge is 2.23. The average molecular weight is 288 g/mol. The Morgan fingerprint density at radius 3 is 2.94 bits per heavy atom. The molecular weight excluding hydrogens is 277 g/mol. The summed E-state index contributed by atoms with van der Waals surface area (Å²) in [5, 5.41) is 0. The zero-order valence-corrected chi connectivity index (χ0v) is 10.4. The Hall–Kier alpha value is -1.10. The second-order valence-corrected chi connectivity index (χ2v) is 4.53. The van der Waals surface area contributed by atoms with E-state index in [4.69, 9.17) is 4.74 Å². The van der Waals surface area contributed by atoms with Crippen molar-refractivity contribution in [1.82, 2.24) is 0 Å². The Morgan fingerprint density at radius 2 is 2.25 bits per heavy atom. The summed E-state index contributed by atoms with van der Waals surface area (Å²) in [6.45, 7) is 2.84. The largest absolute Gasteiger partial charge is 0.449 e. The normalized spacial score (nSPS) is 16.2. The van der Waals surface area contributed by atoms with Crippen LogP contribution in [-0.2, 0) is 4.74 Å². The van der Waals surface area contributed by atoms with E-state index in [0.717, 1.165) is 12.0 Å². The number of benzene rings is 1. The lowest BCUT2D eigenvalue weighted by Gasteiger charge is -2.27. The molecule has 0 atom stereocenters. The van der Waals surface area contributed by atoms with Crippen LogP contribution in [-0.4, -0.2) is 19.2 Å². The van der Waals surface area contributed by atoms with E-state index in [1.807, 2.05) is 6.92 Å². The van der Waals surface area contributed by atoms with E-state index in [2.05, 4.69) is 15.9 Å². The molecule has 1 saturated heterocycles. The number of rotatable bonds is 1. The lowest BCUT2D eigenvalue weighted by molar-refractivity contribution is 0.140. The molecule has 0 unspecified atom stereocenters. The standard InChI is InChI=1S/C11H11BrFNO2/c1-7-5-8(12)9(13)6-10(7)14-3-2-4-16-11(14)15/h5-6H,2-4H2,1H3. The van der Waals surface area contributed by atoms with Crippen LogP contribution in [0.15, 0.2) is 16.6 Å². The van der Waals surface area contributed by atoms with Crippen molar-refractivity contribution < 1.29 is 13.9 Å². The second kappa shape index (κ2) is 4.41. The number of ether oxygens (including phenoxy) is 1. The number of amides is 1. The van der Waals surface area contributed by atoms with Gasteiger partial charge >= 0.3 is 6.09 Å². The fourth-order valence-electron chi connectivity index (χ4n) is 1.70. The molecule has 0 radical (unpaired) electrons. The van der Waals surface area contributed by atoms with E-state index < -0.39 is 6.09 Å². The zero-order chi connectivity index (χ0) is 11.7. The maximum atomic E-state index is 13.4. The molecule has 1 aliphatic heterocycles. The molecule has 86 valence electrons. The van der Waals surface area contributed by atoms with Crippen molar-refractivity contribution in [2.24, 2.45) is 0 Å². The van der Waals surface area contributed by atoms with Crippen LogP contribution in [0, 0.1) is 12.7 Å². The number of hydrogen-bond donors (Lipinski definition) is 0. The molecule has 0 bridgehead atoms. The van der Waals surface area contributed by atoms with Gasteiger partial charge in [-0.1, -0.05) is 0 Å². The first-order valence-corrected chi connectivity index (χ1v) is 5.79. The maximum Gasteiger partial charge on any atom is 0.414 e. The molecule has 1 amide bonds. The molecule has 1 fully saturated rings. The first-order chi connectivity index (χ1) is 7.59. The van der Waals surface area contributed by atoms with Gasteiger partial charge in [-0.15, -0.1) is 0 Å². The number of cyclic esters (lactones) is 1. The summed E-state index contributed by atoms with van der Waals surface area (Å²) < 4.78 is 18.7. The summed E-state index contributed by atoms with van der Waals surface area (Å²) >= 11 is 3.11. The molecule has 3 nitrogen and oxygen atoms in total. The second-order valence-electron chi connectivity index (χ2n) is 3.67. The topological polar surface area (TPSA) is 29.5 Å². The molecule has 1 aliphatic rings. The van der Waals surface area contributed by atoms with Crippen LogP contribution in [0.25, 0.3) is 0 Å². The minimum atomic E-state index is -0.406. The molecule has 1 aromatic carbocycles. The van der Waals surface area contributed by atoms with Crippen molar-refractivity contribution in [1.29, 1.82) is 0 Å². The van der Waals surface area contributed by atoms with Crippen molar-refractivity contribution in [2.75, 3.05) is 18.1 Å². The lowest BCUT2D eigenvalue weighted by Crippen LogP contribution is -2.38. The maximum absolute atomic E-state index is 13.4. The van der Waals surface area contributed by atoms with Crippen LogP contribution in [0.2, 0.25) is 0 Å². The third kappa shape index (κ3) is 2.04. The highest BCUT2D eigenvalue weighted by molar-refractivity contribution is 9.10. The molecule has 0 aliphatic carbocycles. The van der Waals surface area contributed by atoms with E-state index >= 15 is 0 Å². The monoisotopic (exact) mass is 287 g/mol. The molecule has 1 aromatic rings. The third-order valence-electron chi connectivity index (χ3n) is 2.50. The predicted octanol–water partition coefficient (Wildman–Crippen LogP) is 3.24. The summed E-state index contributed by atoms with van der Waals surface area (Å²) in [6.07, 6.45) is 0.360. The number of carbonyl (C=O) groups is 1. The van der Waals surface area contributed by atoms with Gasteiger partial charge in [0.1, 0.15) is 5.82 Å². The average Bonchev–Trinajstić information content (AvgIpc) is 2.25. The number of hydrogen-bond acceptors (Lipinski definition) is 2. The van der Waals surface area contributed by atoms with Crippen LogP contribution in [0.4, 0.5) is 14.9 Å². The van der Waals surface area contributed by atoms with Gasteiger partial charge in [0.2, 0.25) is 0 Å². The molecule has 0 saturated carbocycles. The van der Waals surface area contributed by atoms with E-state index in [0.29, 0.717) is 23.3 Å². The van der Waals surface area contributed by atoms with Crippen molar-refractivity contribution in [3.05, 3.63) is 28.0 Å². The van der Waals surface area contributed by atoms with Crippen molar-refractivity contribution in [3.63, 3.8) is 0 Å². The van der Waals surface area contributed by atoms with Gasteiger partial charge in [0.05, 0.1) is 16.8 Å². The van der Waals surface area contributed by atoms with Crippen LogP contribution in [0.5, 0.6) is 0 Å². The Morgan fingerprint density at radius 1 is 1.50 bits per heavy atom. The number of anilines is 1. The quantitative estimate of drug-likeness (QED) is 0.794. The minimum Gasteiger partial charge on any atom is -0.449 e. The fraction of sp³-hybridized carbons (Fsp3) is 0.364. The predicted molar refractivity (Wildman–Crippen MR) is 62.1 cm³/mol. The number of nitrogens with zero attached hydrogens (tertiary/aromatic N) is 1. The Bertz CT molecular complexity index is 436. The summed E-state index contributed by atoms with van der Waals surface area (Å²) in [5.41, 5.74) is 1.41. The van der Waals surface area contributed by atoms with E-state index in [9.17, 15) is 9.18 Å². The fourth-order valence-corrected chi connectivity index (χ4v) is 2.15. The SMILES string of the molecule is Cc1cc(Br)c(F)cc1N1CCCOC1=O. The minimum absolute atomic E-state index is 0.376. The summed E-state index contributed by atoms with van der Waals surface area (Å²) in [4.78, 5) is 13.0. The van der Waals surface area contributed by atoms with Gasteiger partial charge in [-0.2, -0.15) is 0 Å². The van der Waals surface area contributed by atoms with Crippen molar-refractivity contribution in [2.45, 2.75) is 13.3 Å². The molecule has 0 aromatic heterocycles. The summed E-state index contributed by atoms with van der Waals surface area (Å²) in [7, 11) is 0. The van der Waals surface area contributed by atoms with Crippen molar-refractivity contribution >= 4 is 27.7 Å². The highest BCUT2D eigenvalue weighted by atomic mass is 79.9. The smallest absolute Gasteiger partial charge is 0.414 e. The van der Waals surface area contributed by atoms with Crippen LogP contribution >= 0.6 is 15.9 Å². The number of carbonyl (C=O) groups excluding carboxylic acids is 1. The van der Waals surface area contributed by atoms with Gasteiger partial charge in [-0.25, -0.2) is 9.18 Å². The number of aryl methyl sites for hydroxylation is 1. The van der Waals surface area contributed by atoms with Crippen LogP contribution < -0.4 is 4.90 Å². The molecular formula is C11H11BrFNO2. The lowest BCUT2D eigenvalue weighted by atomic mass is 10.1. The molecule has 2 rings (SSSR count). The Labute approximate surface area is 101 Å². The highest BCUT2D eigenvalue weighted by Crippen LogP contribution is 2.28. The van der Waals surface area contributed by atoms with Gasteiger partial charge in [0.25, 0.3) is 0 Å². The van der Waals surface area contributed by atoms with Gasteiger partial charge in [-0.3, -0.25) is 4.90 Å².